The zero-order valence-corrected chi connectivity index (χ0v) is 13.4. The summed E-state index contributed by atoms with van der Waals surface area (Å²) in [7, 11) is 0. The van der Waals surface area contributed by atoms with Crippen LogP contribution in [0.25, 0.3) is 11.5 Å². The van der Waals surface area contributed by atoms with Crippen LogP contribution in [0.5, 0.6) is 0 Å². The Labute approximate surface area is 132 Å². The fourth-order valence-electron chi connectivity index (χ4n) is 3.19. The maximum absolute atomic E-state index is 6.11. The zero-order chi connectivity index (χ0) is 14.4. The van der Waals surface area contributed by atoms with Gasteiger partial charge in [0.25, 0.3) is 0 Å². The van der Waals surface area contributed by atoms with Crippen molar-refractivity contribution >= 4 is 21.7 Å². The molecular formula is C15H18BrN5. The van der Waals surface area contributed by atoms with Crippen LogP contribution in [0.4, 0.5) is 5.82 Å². The largest absolute Gasteiger partial charge is 0.383 e. The third kappa shape index (κ3) is 2.35. The zero-order valence-electron chi connectivity index (χ0n) is 11.8. The molecule has 4 rings (SSSR count). The number of nitrogen functional groups attached to an aromatic ring is 1. The summed E-state index contributed by atoms with van der Waals surface area (Å²) in [5.41, 5.74) is 8.16. The molecule has 0 aromatic carbocycles. The van der Waals surface area contributed by atoms with E-state index >= 15 is 0 Å². The highest BCUT2D eigenvalue weighted by Crippen LogP contribution is 2.41. The second-order valence-corrected chi connectivity index (χ2v) is 6.82. The van der Waals surface area contributed by atoms with Crippen molar-refractivity contribution in [3.8, 4) is 11.5 Å². The van der Waals surface area contributed by atoms with Crippen LogP contribution < -0.4 is 5.73 Å². The van der Waals surface area contributed by atoms with Crippen LogP contribution in [0.1, 0.15) is 56.2 Å². The minimum absolute atomic E-state index is 0.501. The number of nitrogens with two attached hydrogens (primary N) is 1. The molecule has 0 bridgehead atoms. The third-order valence-electron chi connectivity index (χ3n) is 4.48. The van der Waals surface area contributed by atoms with Gasteiger partial charge in [0.15, 0.2) is 5.82 Å². The highest BCUT2D eigenvalue weighted by atomic mass is 79.9. The van der Waals surface area contributed by atoms with Crippen molar-refractivity contribution < 1.29 is 0 Å². The number of aromatic nitrogens is 4. The van der Waals surface area contributed by atoms with E-state index in [0.717, 1.165) is 15.9 Å². The van der Waals surface area contributed by atoms with Crippen LogP contribution in [0.3, 0.4) is 0 Å². The van der Waals surface area contributed by atoms with Gasteiger partial charge in [0.05, 0.1) is 22.7 Å². The van der Waals surface area contributed by atoms with Crippen LogP contribution in [-0.4, -0.2) is 19.5 Å². The van der Waals surface area contributed by atoms with Gasteiger partial charge in [0.2, 0.25) is 0 Å². The second-order valence-electron chi connectivity index (χ2n) is 6.03. The molecule has 0 spiro atoms. The van der Waals surface area contributed by atoms with Crippen LogP contribution in [0.15, 0.2) is 17.0 Å². The molecule has 5 nitrogen and oxygen atoms in total. The Morgan fingerprint density at radius 3 is 2.62 bits per heavy atom. The quantitative estimate of drug-likeness (QED) is 0.919. The van der Waals surface area contributed by atoms with E-state index in [1.54, 1.807) is 0 Å². The third-order valence-corrected chi connectivity index (χ3v) is 5.29. The number of anilines is 1. The Balaban J connectivity index is 1.79. The first-order chi connectivity index (χ1) is 10.2. The number of halogens is 1. The van der Waals surface area contributed by atoms with Crippen molar-refractivity contribution in [1.82, 2.24) is 19.5 Å². The van der Waals surface area contributed by atoms with Crippen molar-refractivity contribution in [2.75, 3.05) is 5.73 Å². The fraction of sp³-hybridized carbons (Fsp3) is 0.533. The number of nitrogens with zero attached hydrogens (tertiary/aromatic N) is 4. The van der Waals surface area contributed by atoms with Gasteiger partial charge in [0.1, 0.15) is 11.5 Å². The van der Waals surface area contributed by atoms with Gasteiger partial charge in [0, 0.05) is 12.0 Å². The van der Waals surface area contributed by atoms with Crippen molar-refractivity contribution in [2.24, 2.45) is 0 Å². The lowest BCUT2D eigenvalue weighted by molar-refractivity contribution is 0.688. The summed E-state index contributed by atoms with van der Waals surface area (Å²) >= 11 is 3.58. The summed E-state index contributed by atoms with van der Waals surface area (Å²) in [6.07, 6.45) is 11.1. The fourth-order valence-corrected chi connectivity index (χ4v) is 3.69. The number of rotatable bonds is 3. The van der Waals surface area contributed by atoms with E-state index in [9.17, 15) is 0 Å². The number of imidazole rings is 1. The second kappa shape index (κ2) is 5.09. The summed E-state index contributed by atoms with van der Waals surface area (Å²) in [5.74, 6) is 1.74. The average Bonchev–Trinajstić information content (AvgIpc) is 3.01. The van der Waals surface area contributed by atoms with Gasteiger partial charge in [-0.05, 0) is 41.6 Å². The molecule has 0 atom stereocenters. The molecule has 2 aliphatic rings. The first kappa shape index (κ1) is 13.2. The monoisotopic (exact) mass is 347 g/mol. The van der Waals surface area contributed by atoms with Crippen LogP contribution in [-0.2, 0) is 0 Å². The van der Waals surface area contributed by atoms with Gasteiger partial charge >= 0.3 is 0 Å². The van der Waals surface area contributed by atoms with E-state index in [4.69, 9.17) is 10.7 Å². The Morgan fingerprint density at radius 2 is 1.90 bits per heavy atom. The molecule has 2 saturated carbocycles. The molecule has 0 aliphatic heterocycles. The SMILES string of the molecule is Nc1nc(-c2cncn2C2CC2)nc(C2CCCC2)c1Br. The smallest absolute Gasteiger partial charge is 0.180 e. The Bertz CT molecular complexity index is 671. The Kier molecular flexibility index (Phi) is 3.21. The minimum Gasteiger partial charge on any atom is -0.383 e. The maximum atomic E-state index is 6.11. The molecule has 2 N–H and O–H groups in total. The number of hydrogen-bond donors (Lipinski definition) is 1. The molecule has 2 aliphatic carbocycles. The van der Waals surface area contributed by atoms with Gasteiger partial charge in [-0.3, -0.25) is 0 Å². The number of hydrogen-bond acceptors (Lipinski definition) is 4. The molecule has 6 heteroatoms. The highest BCUT2D eigenvalue weighted by Gasteiger charge is 2.28. The van der Waals surface area contributed by atoms with Crippen LogP contribution in [0, 0.1) is 0 Å². The van der Waals surface area contributed by atoms with Crippen LogP contribution >= 0.6 is 15.9 Å². The topological polar surface area (TPSA) is 69.6 Å². The molecule has 0 saturated heterocycles. The van der Waals surface area contributed by atoms with E-state index in [1.165, 1.54) is 38.5 Å². The Hall–Kier alpha value is -1.43. The van der Waals surface area contributed by atoms with E-state index in [2.05, 4.69) is 30.5 Å². The molecule has 0 amide bonds. The molecule has 2 fully saturated rings. The summed E-state index contributed by atoms with van der Waals surface area (Å²) < 4.78 is 3.05. The molecule has 2 heterocycles. The predicted molar refractivity (Wildman–Crippen MR) is 84.8 cm³/mol. The molecular weight excluding hydrogens is 330 g/mol. The lowest BCUT2D eigenvalue weighted by atomic mass is 10.0. The van der Waals surface area contributed by atoms with Gasteiger partial charge < -0.3 is 10.3 Å². The minimum atomic E-state index is 0.501. The molecule has 0 unspecified atom stereocenters. The van der Waals surface area contributed by atoms with Crippen molar-refractivity contribution in [1.29, 1.82) is 0 Å². The summed E-state index contributed by atoms with van der Waals surface area (Å²) in [4.78, 5) is 13.6. The van der Waals surface area contributed by atoms with E-state index in [1.807, 2.05) is 12.5 Å². The molecule has 21 heavy (non-hydrogen) atoms. The first-order valence-corrected chi connectivity index (χ1v) is 8.38. The lowest BCUT2D eigenvalue weighted by Gasteiger charge is -2.14. The maximum Gasteiger partial charge on any atom is 0.180 e. The first-order valence-electron chi connectivity index (χ1n) is 7.59. The van der Waals surface area contributed by atoms with E-state index in [0.29, 0.717) is 23.6 Å². The average molecular weight is 348 g/mol. The van der Waals surface area contributed by atoms with E-state index < -0.39 is 0 Å². The van der Waals surface area contributed by atoms with Gasteiger partial charge in [-0.25, -0.2) is 15.0 Å². The summed E-state index contributed by atoms with van der Waals surface area (Å²) in [5, 5.41) is 0. The summed E-state index contributed by atoms with van der Waals surface area (Å²) in [6.45, 7) is 0. The molecule has 2 aromatic rings. The summed E-state index contributed by atoms with van der Waals surface area (Å²) in [6, 6.07) is 0.561. The van der Waals surface area contributed by atoms with Crippen molar-refractivity contribution in [2.45, 2.75) is 50.5 Å². The predicted octanol–water partition coefficient (Wildman–Crippen LogP) is 3.68. The van der Waals surface area contributed by atoms with Gasteiger partial charge in [-0.15, -0.1) is 0 Å². The standard InChI is InChI=1S/C15H18BrN5/c16-12-13(9-3-1-2-4-9)19-15(20-14(12)17)11-7-18-8-21(11)10-5-6-10/h7-10H,1-6H2,(H2,17,19,20). The van der Waals surface area contributed by atoms with Gasteiger partial charge in [-0.1, -0.05) is 12.8 Å². The normalized spacial score (nSPS) is 19.3. The highest BCUT2D eigenvalue weighted by molar-refractivity contribution is 9.10. The van der Waals surface area contributed by atoms with Crippen LogP contribution in [0.2, 0.25) is 0 Å². The van der Waals surface area contributed by atoms with Crippen molar-refractivity contribution in [3.05, 3.63) is 22.7 Å². The Morgan fingerprint density at radius 1 is 1.14 bits per heavy atom. The molecule has 0 radical (unpaired) electrons. The van der Waals surface area contributed by atoms with E-state index in [-0.39, 0.29) is 0 Å². The lowest BCUT2D eigenvalue weighted by Crippen LogP contribution is -2.07. The van der Waals surface area contributed by atoms with Gasteiger partial charge in [-0.2, -0.15) is 0 Å². The molecule has 110 valence electrons. The van der Waals surface area contributed by atoms with Crippen molar-refractivity contribution in [3.63, 3.8) is 0 Å². The molecule has 2 aromatic heterocycles.